The lowest BCUT2D eigenvalue weighted by molar-refractivity contribution is -0.169. The minimum Gasteiger partial charge on any atom is -0.465 e. The van der Waals surface area contributed by atoms with Crippen molar-refractivity contribution in [2.75, 3.05) is 6.61 Å². The molecule has 128 valence electrons. The van der Waals surface area contributed by atoms with Crippen LogP contribution < -0.4 is 0 Å². The molecule has 0 N–H and O–H groups in total. The summed E-state index contributed by atoms with van der Waals surface area (Å²) < 4.78 is 24.0. The molecule has 5 nitrogen and oxygen atoms in total. The molecular weight excluding hydrogens is 291 g/mol. The van der Waals surface area contributed by atoms with Crippen molar-refractivity contribution in [2.45, 2.75) is 60.7 Å². The summed E-state index contributed by atoms with van der Waals surface area (Å²) in [6.07, 6.45) is -3.16. The second-order valence-corrected chi connectivity index (χ2v) is 7.53. The summed E-state index contributed by atoms with van der Waals surface area (Å²) in [5, 5.41) is 0. The van der Waals surface area contributed by atoms with Crippen LogP contribution in [0.3, 0.4) is 0 Å². The molecule has 0 aromatic carbocycles. The normalized spacial score (nSPS) is 16.4. The number of halogens is 1. The lowest BCUT2D eigenvalue weighted by Gasteiger charge is -2.28. The highest BCUT2D eigenvalue weighted by atomic mass is 19.1. The molecule has 0 unspecified atom stereocenters. The number of ether oxygens (including phenoxy) is 2. The van der Waals surface area contributed by atoms with E-state index in [0.717, 1.165) is 0 Å². The van der Waals surface area contributed by atoms with Gasteiger partial charge in [-0.3, -0.25) is 14.4 Å². The summed E-state index contributed by atoms with van der Waals surface area (Å²) in [5.41, 5.74) is -1.50. The summed E-state index contributed by atoms with van der Waals surface area (Å²) in [6.45, 7) is 11.4. The van der Waals surface area contributed by atoms with Crippen molar-refractivity contribution in [3.8, 4) is 0 Å². The summed E-state index contributed by atoms with van der Waals surface area (Å²) in [6, 6.07) is 0. The zero-order valence-corrected chi connectivity index (χ0v) is 14.4. The van der Waals surface area contributed by atoms with Gasteiger partial charge in [-0.2, -0.15) is 0 Å². The molecule has 0 aliphatic heterocycles. The zero-order chi connectivity index (χ0) is 17.7. The molecular formula is C16H27FO5. The van der Waals surface area contributed by atoms with Crippen molar-refractivity contribution in [2.24, 2.45) is 16.7 Å². The molecule has 0 amide bonds. The first-order valence-electron chi connectivity index (χ1n) is 7.28. The van der Waals surface area contributed by atoms with Gasteiger partial charge in [0.2, 0.25) is 0 Å². The van der Waals surface area contributed by atoms with Gasteiger partial charge in [0, 0.05) is 5.92 Å². The van der Waals surface area contributed by atoms with E-state index in [0.29, 0.717) is 0 Å². The maximum atomic E-state index is 13.8. The van der Waals surface area contributed by atoms with Crippen LogP contribution in [0.25, 0.3) is 0 Å². The minimum absolute atomic E-state index is 0.0860. The maximum absolute atomic E-state index is 13.8. The van der Waals surface area contributed by atoms with E-state index in [1.54, 1.807) is 48.5 Å². The Labute approximate surface area is 131 Å². The number of hydrogen-bond donors (Lipinski definition) is 0. The summed E-state index contributed by atoms with van der Waals surface area (Å²) in [7, 11) is 0. The predicted octanol–water partition coefficient (Wildman–Crippen LogP) is 2.71. The molecule has 0 fully saturated rings. The zero-order valence-electron chi connectivity index (χ0n) is 14.4. The van der Waals surface area contributed by atoms with Crippen LogP contribution in [0.4, 0.5) is 4.39 Å². The van der Waals surface area contributed by atoms with E-state index >= 15 is 0 Å². The summed E-state index contributed by atoms with van der Waals surface area (Å²) in [4.78, 5) is 34.3. The summed E-state index contributed by atoms with van der Waals surface area (Å²) in [5.74, 6) is -1.70. The van der Waals surface area contributed by atoms with Crippen LogP contribution in [0.2, 0.25) is 0 Å². The van der Waals surface area contributed by atoms with Crippen molar-refractivity contribution < 1.29 is 28.2 Å². The van der Waals surface area contributed by atoms with Crippen molar-refractivity contribution in [1.82, 2.24) is 0 Å². The second-order valence-electron chi connectivity index (χ2n) is 7.53. The Morgan fingerprint density at radius 2 is 1.50 bits per heavy atom. The van der Waals surface area contributed by atoms with Crippen LogP contribution in [-0.2, 0) is 23.9 Å². The van der Waals surface area contributed by atoms with Crippen molar-refractivity contribution in [3.63, 3.8) is 0 Å². The van der Waals surface area contributed by atoms with Crippen molar-refractivity contribution in [3.05, 3.63) is 0 Å². The SMILES string of the molecule is C[C@@H](COC(=O)C(C)(C)C)[C@@H](OC(=O)C(C)(C)C)[C@H](F)C=O. The Hall–Kier alpha value is -1.46. The molecule has 0 radical (unpaired) electrons. The lowest BCUT2D eigenvalue weighted by atomic mass is 9.95. The molecule has 0 saturated carbocycles. The highest BCUT2D eigenvalue weighted by Crippen LogP contribution is 2.23. The highest BCUT2D eigenvalue weighted by molar-refractivity contribution is 5.76. The van der Waals surface area contributed by atoms with Gasteiger partial charge in [0.25, 0.3) is 0 Å². The Morgan fingerprint density at radius 3 is 1.86 bits per heavy atom. The molecule has 0 aromatic rings. The molecule has 0 spiro atoms. The molecule has 0 bridgehead atoms. The third-order valence-corrected chi connectivity index (χ3v) is 2.95. The molecule has 0 aliphatic carbocycles. The largest absolute Gasteiger partial charge is 0.465 e. The smallest absolute Gasteiger partial charge is 0.311 e. The fourth-order valence-corrected chi connectivity index (χ4v) is 1.39. The van der Waals surface area contributed by atoms with Gasteiger partial charge in [-0.25, -0.2) is 4.39 Å². The van der Waals surface area contributed by atoms with Crippen molar-refractivity contribution >= 4 is 18.2 Å². The van der Waals surface area contributed by atoms with Gasteiger partial charge in [-0.1, -0.05) is 6.92 Å². The van der Waals surface area contributed by atoms with E-state index in [2.05, 4.69) is 0 Å². The first-order chi connectivity index (χ1) is 9.80. The van der Waals surface area contributed by atoms with E-state index in [9.17, 15) is 18.8 Å². The van der Waals surface area contributed by atoms with E-state index in [1.165, 1.54) is 0 Å². The number of carbonyl (C=O) groups excluding carboxylic acids is 3. The number of rotatable bonds is 6. The molecule has 0 aromatic heterocycles. The molecule has 0 rings (SSSR count). The molecule has 0 aliphatic rings. The van der Waals surface area contributed by atoms with Gasteiger partial charge >= 0.3 is 11.9 Å². The van der Waals surface area contributed by atoms with Gasteiger partial charge in [0.05, 0.1) is 17.4 Å². The Balaban J connectivity index is 4.87. The van der Waals surface area contributed by atoms with E-state index < -0.39 is 41.0 Å². The average Bonchev–Trinajstić information content (AvgIpc) is 2.38. The number of aldehydes is 1. The molecule has 0 saturated heterocycles. The fourth-order valence-electron chi connectivity index (χ4n) is 1.39. The van der Waals surface area contributed by atoms with Crippen LogP contribution in [0.5, 0.6) is 0 Å². The summed E-state index contributed by atoms with van der Waals surface area (Å²) >= 11 is 0. The quantitative estimate of drug-likeness (QED) is 0.556. The first-order valence-corrected chi connectivity index (χ1v) is 7.28. The second kappa shape index (κ2) is 7.70. The van der Waals surface area contributed by atoms with Crippen LogP contribution >= 0.6 is 0 Å². The Morgan fingerprint density at radius 1 is 1.05 bits per heavy atom. The lowest BCUT2D eigenvalue weighted by Crippen LogP contribution is -2.40. The van der Waals surface area contributed by atoms with E-state index in [4.69, 9.17) is 9.47 Å². The molecule has 6 heteroatoms. The predicted molar refractivity (Wildman–Crippen MR) is 79.9 cm³/mol. The maximum Gasteiger partial charge on any atom is 0.311 e. The van der Waals surface area contributed by atoms with Crippen molar-refractivity contribution in [1.29, 1.82) is 0 Å². The molecule has 22 heavy (non-hydrogen) atoms. The minimum atomic E-state index is -1.96. The molecule has 3 atom stereocenters. The molecule has 0 heterocycles. The number of hydrogen-bond acceptors (Lipinski definition) is 5. The average molecular weight is 318 g/mol. The van der Waals surface area contributed by atoms with Crippen LogP contribution in [0, 0.1) is 16.7 Å². The fraction of sp³-hybridized carbons (Fsp3) is 0.812. The standard InChI is InChI=1S/C16H27FO5/c1-10(9-21-13(19)15(2,3)4)12(11(17)8-18)22-14(20)16(5,6)7/h8,10-12H,9H2,1-7H3/t10-,11+,12+/m0/s1. The highest BCUT2D eigenvalue weighted by Gasteiger charge is 2.35. The van der Waals surface area contributed by atoms with Gasteiger partial charge in [0.1, 0.15) is 6.10 Å². The number of carbonyl (C=O) groups is 3. The number of esters is 2. The Kier molecular flexibility index (Phi) is 7.19. The van der Waals surface area contributed by atoms with Crippen LogP contribution in [-0.4, -0.2) is 37.1 Å². The first kappa shape index (κ1) is 20.5. The van der Waals surface area contributed by atoms with Crippen LogP contribution in [0.1, 0.15) is 48.5 Å². The van der Waals surface area contributed by atoms with Gasteiger partial charge in [-0.15, -0.1) is 0 Å². The van der Waals surface area contributed by atoms with E-state index in [-0.39, 0.29) is 12.9 Å². The third kappa shape index (κ3) is 6.54. The monoisotopic (exact) mass is 318 g/mol. The van der Waals surface area contributed by atoms with E-state index in [1.807, 2.05) is 0 Å². The number of alkyl halides is 1. The topological polar surface area (TPSA) is 69.7 Å². The van der Waals surface area contributed by atoms with Gasteiger partial charge < -0.3 is 9.47 Å². The third-order valence-electron chi connectivity index (χ3n) is 2.95. The van der Waals surface area contributed by atoms with Crippen LogP contribution in [0.15, 0.2) is 0 Å². The van der Waals surface area contributed by atoms with Gasteiger partial charge in [0.15, 0.2) is 12.5 Å². The Bertz CT molecular complexity index is 406. The van der Waals surface area contributed by atoms with Gasteiger partial charge in [-0.05, 0) is 41.5 Å².